The fourth-order valence-corrected chi connectivity index (χ4v) is 10.0. The lowest BCUT2D eigenvalue weighted by atomic mass is 9.88. The predicted octanol–water partition coefficient (Wildman–Crippen LogP) is 8.72. The number of sulfonamides is 1. The second kappa shape index (κ2) is 15.7. The molecule has 51 heavy (non-hydrogen) atoms. The Morgan fingerprint density at radius 3 is 2.08 bits per heavy atom. The minimum absolute atomic E-state index is 0.133. The third-order valence-electron chi connectivity index (χ3n) is 10.8. The van der Waals surface area contributed by atoms with Gasteiger partial charge >= 0.3 is 6.09 Å². The number of fused-ring (bicyclic) bond motifs is 1. The average molecular weight is 702 g/mol. The summed E-state index contributed by atoms with van der Waals surface area (Å²) in [6.07, 6.45) is 2.99. The van der Waals surface area contributed by atoms with E-state index in [4.69, 9.17) is 4.74 Å². The third-order valence-corrected chi connectivity index (χ3v) is 12.7. The summed E-state index contributed by atoms with van der Waals surface area (Å²) >= 11 is 0. The van der Waals surface area contributed by atoms with E-state index in [-0.39, 0.29) is 36.6 Å². The predicted molar refractivity (Wildman–Crippen MR) is 204 cm³/mol. The van der Waals surface area contributed by atoms with E-state index < -0.39 is 10.0 Å². The van der Waals surface area contributed by atoms with Crippen LogP contribution in [0.2, 0.25) is 0 Å². The Bertz CT molecular complexity index is 2000. The lowest BCUT2D eigenvalue weighted by Gasteiger charge is -2.39. The summed E-state index contributed by atoms with van der Waals surface area (Å²) in [5.41, 5.74) is 2.97. The van der Waals surface area contributed by atoms with Crippen LogP contribution in [0, 0.1) is 5.92 Å². The molecule has 0 N–H and O–H groups in total. The van der Waals surface area contributed by atoms with Gasteiger partial charge in [-0.2, -0.15) is 0 Å². The molecule has 2 fully saturated rings. The Kier molecular flexibility index (Phi) is 10.7. The van der Waals surface area contributed by atoms with Gasteiger partial charge in [-0.15, -0.1) is 0 Å². The highest BCUT2D eigenvalue weighted by Gasteiger charge is 2.43. The van der Waals surface area contributed by atoms with Gasteiger partial charge in [-0.1, -0.05) is 115 Å². The zero-order chi connectivity index (χ0) is 35.2. The number of ether oxygens (including phenoxy) is 1. The highest BCUT2D eigenvalue weighted by atomic mass is 32.2. The summed E-state index contributed by atoms with van der Waals surface area (Å²) in [6.45, 7) is 5.54. The number of hydrogen-bond acceptors (Lipinski definition) is 5. The first kappa shape index (κ1) is 34.8. The van der Waals surface area contributed by atoms with Gasteiger partial charge in [0.2, 0.25) is 0 Å². The van der Waals surface area contributed by atoms with Crippen LogP contribution in [0.4, 0.5) is 10.5 Å². The summed E-state index contributed by atoms with van der Waals surface area (Å²) < 4.78 is 36.8. The van der Waals surface area contributed by atoms with Gasteiger partial charge in [0.15, 0.2) is 0 Å². The lowest BCUT2D eigenvalue weighted by Crippen LogP contribution is -2.48. The Balaban J connectivity index is 1.11. The van der Waals surface area contributed by atoms with E-state index in [1.807, 2.05) is 96.8 Å². The lowest BCUT2D eigenvalue weighted by molar-refractivity contribution is 0.0602. The molecule has 0 spiro atoms. The molecule has 0 radical (unpaired) electrons. The number of piperidine rings is 1. The molecule has 264 valence electrons. The van der Waals surface area contributed by atoms with E-state index >= 15 is 0 Å². The molecule has 1 saturated carbocycles. The van der Waals surface area contributed by atoms with E-state index in [0.717, 1.165) is 67.3 Å². The maximum Gasteiger partial charge on any atom is 0.410 e. The Hall–Kier alpha value is -4.66. The minimum atomic E-state index is -3.87. The molecule has 8 heteroatoms. The number of hydrogen-bond donors (Lipinski definition) is 0. The average Bonchev–Trinajstić information content (AvgIpc) is 3.58. The SMILES string of the molecule is CCN(C(=O)OCc1ccccc1)C1CCN(C[C@H]2CC(N(c3cccc4ccccc34)S(=O)(=O)c3ccccc3)C[C@@H]2c2ccccc2)CC1. The zero-order valence-electron chi connectivity index (χ0n) is 29.3. The largest absolute Gasteiger partial charge is 0.445 e. The number of carbonyl (C=O) groups is 1. The Labute approximate surface area is 302 Å². The summed E-state index contributed by atoms with van der Waals surface area (Å²) in [6, 6.07) is 43.2. The molecule has 2 aliphatic rings. The van der Waals surface area contributed by atoms with Crippen molar-refractivity contribution in [3.05, 3.63) is 145 Å². The topological polar surface area (TPSA) is 70.2 Å². The molecule has 1 saturated heterocycles. The van der Waals surface area contributed by atoms with Crippen LogP contribution >= 0.6 is 0 Å². The summed E-state index contributed by atoms with van der Waals surface area (Å²) in [5.74, 6) is 0.466. The van der Waals surface area contributed by atoms with Crippen LogP contribution in [0.5, 0.6) is 0 Å². The number of carbonyl (C=O) groups excluding carboxylic acids is 1. The van der Waals surface area contributed by atoms with Crippen LogP contribution in [-0.2, 0) is 21.4 Å². The Morgan fingerprint density at radius 2 is 1.37 bits per heavy atom. The molecule has 1 heterocycles. The van der Waals surface area contributed by atoms with E-state index in [1.54, 1.807) is 28.6 Å². The number of anilines is 1. The van der Waals surface area contributed by atoms with Gasteiger partial charge in [0.25, 0.3) is 10.0 Å². The van der Waals surface area contributed by atoms with Crippen LogP contribution in [-0.4, -0.2) is 62.6 Å². The quantitative estimate of drug-likeness (QED) is 0.138. The normalized spacial score (nSPS) is 19.9. The second-order valence-electron chi connectivity index (χ2n) is 13.9. The van der Waals surface area contributed by atoms with Gasteiger partial charge in [-0.05, 0) is 79.2 Å². The van der Waals surface area contributed by atoms with E-state index in [1.165, 1.54) is 5.56 Å². The van der Waals surface area contributed by atoms with E-state index in [9.17, 15) is 13.2 Å². The highest BCUT2D eigenvalue weighted by Crippen LogP contribution is 2.46. The van der Waals surface area contributed by atoms with Gasteiger partial charge in [-0.3, -0.25) is 4.31 Å². The van der Waals surface area contributed by atoms with Crippen molar-refractivity contribution >= 4 is 32.6 Å². The number of likely N-dealkylation sites (tertiary alicyclic amines) is 1. The minimum Gasteiger partial charge on any atom is -0.445 e. The molecule has 0 bridgehead atoms. The standard InChI is InChI=1S/C43H47N3O4S/c1-2-45(43(47)50-32-33-15-6-3-7-16-33)37-25-27-44(28-26-37)31-36-29-38(30-41(36)35-17-8-4-9-18-35)46(51(48,49)39-21-10-5-11-22-39)42-24-14-20-34-19-12-13-23-40(34)42/h3-24,36-38,41H,2,25-32H2,1H3/t36-,38?,41-/m1/s1. The van der Waals surface area contributed by atoms with E-state index in [2.05, 4.69) is 29.2 Å². The van der Waals surface area contributed by atoms with Crippen LogP contribution in [0.25, 0.3) is 10.8 Å². The maximum atomic E-state index is 14.7. The molecule has 1 amide bonds. The smallest absolute Gasteiger partial charge is 0.410 e. The van der Waals surface area contributed by atoms with Crippen molar-refractivity contribution in [2.45, 2.75) is 62.1 Å². The van der Waals surface area contributed by atoms with Gasteiger partial charge in [0.1, 0.15) is 6.61 Å². The van der Waals surface area contributed by atoms with Crippen molar-refractivity contribution in [1.82, 2.24) is 9.80 Å². The fourth-order valence-electron chi connectivity index (χ4n) is 8.31. The molecule has 1 aliphatic carbocycles. The molecule has 0 aromatic heterocycles. The van der Waals surface area contributed by atoms with Crippen LogP contribution in [0.15, 0.2) is 138 Å². The van der Waals surface area contributed by atoms with Gasteiger partial charge in [-0.25, -0.2) is 13.2 Å². The molecule has 5 aromatic rings. The van der Waals surface area contributed by atoms with Crippen molar-refractivity contribution in [2.24, 2.45) is 5.92 Å². The van der Waals surface area contributed by atoms with Crippen molar-refractivity contribution < 1.29 is 17.9 Å². The molecule has 7 rings (SSSR count). The first-order valence-electron chi connectivity index (χ1n) is 18.2. The van der Waals surface area contributed by atoms with Crippen molar-refractivity contribution in [1.29, 1.82) is 0 Å². The first-order chi connectivity index (χ1) is 24.9. The van der Waals surface area contributed by atoms with E-state index in [0.29, 0.717) is 11.4 Å². The summed E-state index contributed by atoms with van der Waals surface area (Å²) in [5, 5.41) is 1.95. The summed E-state index contributed by atoms with van der Waals surface area (Å²) in [4.78, 5) is 17.8. The maximum absolute atomic E-state index is 14.7. The number of nitrogens with zero attached hydrogens (tertiary/aromatic N) is 3. The molecular weight excluding hydrogens is 655 g/mol. The van der Waals surface area contributed by atoms with Crippen molar-refractivity contribution in [3.8, 4) is 0 Å². The number of rotatable bonds is 11. The molecule has 1 aliphatic heterocycles. The van der Waals surface area contributed by atoms with Crippen molar-refractivity contribution in [3.63, 3.8) is 0 Å². The number of benzene rings is 5. The summed E-state index contributed by atoms with van der Waals surface area (Å²) in [7, 11) is -3.87. The van der Waals surface area contributed by atoms with Gasteiger partial charge in [0.05, 0.1) is 10.6 Å². The van der Waals surface area contributed by atoms with Crippen LogP contribution < -0.4 is 4.31 Å². The molecule has 5 aromatic carbocycles. The molecule has 7 nitrogen and oxygen atoms in total. The third kappa shape index (κ3) is 7.67. The van der Waals surface area contributed by atoms with Gasteiger partial charge in [0, 0.05) is 43.6 Å². The zero-order valence-corrected chi connectivity index (χ0v) is 30.1. The van der Waals surface area contributed by atoms with Gasteiger partial charge < -0.3 is 14.5 Å². The monoisotopic (exact) mass is 701 g/mol. The molecular formula is C43H47N3O4S. The fraction of sp³-hybridized carbons (Fsp3) is 0.326. The second-order valence-corrected chi connectivity index (χ2v) is 15.7. The molecule has 1 unspecified atom stereocenters. The van der Waals surface area contributed by atoms with Crippen LogP contribution in [0.3, 0.4) is 0 Å². The first-order valence-corrected chi connectivity index (χ1v) is 19.7. The Morgan fingerprint density at radius 1 is 0.745 bits per heavy atom. The molecule has 3 atom stereocenters. The van der Waals surface area contributed by atoms with Crippen LogP contribution in [0.1, 0.15) is 49.7 Å². The van der Waals surface area contributed by atoms with Crippen molar-refractivity contribution in [2.75, 3.05) is 30.5 Å². The number of amides is 1. The highest BCUT2D eigenvalue weighted by molar-refractivity contribution is 7.92.